The molecule has 2 heterocycles. The van der Waals surface area contributed by atoms with E-state index in [1.165, 1.54) is 6.07 Å². The van der Waals surface area contributed by atoms with Gasteiger partial charge in [0.25, 0.3) is 0 Å². The van der Waals surface area contributed by atoms with Gasteiger partial charge in [0.1, 0.15) is 5.82 Å². The summed E-state index contributed by atoms with van der Waals surface area (Å²) in [5.41, 5.74) is 0.191. The maximum Gasteiger partial charge on any atom is 0.241 e. The van der Waals surface area contributed by atoms with Crippen molar-refractivity contribution in [2.75, 3.05) is 36.4 Å². The third kappa shape index (κ3) is 4.32. The maximum atomic E-state index is 13.9. The van der Waals surface area contributed by atoms with Crippen LogP contribution in [-0.2, 0) is 4.79 Å². The van der Waals surface area contributed by atoms with E-state index >= 15 is 0 Å². The molecule has 0 bridgehead atoms. The normalized spacial score (nSPS) is 16.5. The summed E-state index contributed by atoms with van der Waals surface area (Å²) >= 11 is 3.20. The van der Waals surface area contributed by atoms with Crippen LogP contribution in [0.3, 0.4) is 0 Å². The molecule has 25 heavy (non-hydrogen) atoms. The molecular formula is C17H19BrFN5O. The Kier molecular flexibility index (Phi) is 5.60. The smallest absolute Gasteiger partial charge is 0.241 e. The van der Waals surface area contributed by atoms with Gasteiger partial charge in [-0.1, -0.05) is 15.9 Å². The van der Waals surface area contributed by atoms with Crippen LogP contribution in [0, 0.1) is 5.82 Å². The third-order valence-electron chi connectivity index (χ3n) is 4.27. The fourth-order valence-corrected chi connectivity index (χ4v) is 3.09. The van der Waals surface area contributed by atoms with Gasteiger partial charge in [-0.25, -0.2) is 14.4 Å². The Bertz CT molecular complexity index is 737. The average molecular weight is 408 g/mol. The number of hydrogen-bond acceptors (Lipinski definition) is 5. The van der Waals surface area contributed by atoms with Crippen LogP contribution in [-0.4, -0.2) is 53.0 Å². The molecule has 1 saturated heterocycles. The standard InChI is InChI=1S/C17H19BrFN5O/c1-12(16(25)22-15-4-3-13(18)11-14(15)19)23-7-9-24(10-8-23)17-20-5-2-6-21-17/h2-6,11-12H,7-10H2,1H3,(H,22,25)/t12-/m1/s1. The highest BCUT2D eigenvalue weighted by atomic mass is 79.9. The number of carbonyl (C=O) groups is 1. The summed E-state index contributed by atoms with van der Waals surface area (Å²) in [6.45, 7) is 4.76. The highest BCUT2D eigenvalue weighted by Gasteiger charge is 2.26. The van der Waals surface area contributed by atoms with Crippen LogP contribution in [0.2, 0.25) is 0 Å². The number of amides is 1. The molecule has 0 saturated carbocycles. The Hall–Kier alpha value is -2.06. The summed E-state index contributed by atoms with van der Waals surface area (Å²) < 4.78 is 14.5. The second-order valence-electron chi connectivity index (χ2n) is 5.86. The zero-order chi connectivity index (χ0) is 17.8. The van der Waals surface area contributed by atoms with E-state index in [1.807, 2.05) is 6.92 Å². The molecule has 8 heteroatoms. The van der Waals surface area contributed by atoms with Crippen molar-refractivity contribution < 1.29 is 9.18 Å². The number of aromatic nitrogens is 2. The molecule has 1 N–H and O–H groups in total. The van der Waals surface area contributed by atoms with Crippen molar-refractivity contribution in [3.63, 3.8) is 0 Å². The quantitative estimate of drug-likeness (QED) is 0.843. The first kappa shape index (κ1) is 17.8. The Labute approximate surface area is 154 Å². The first-order chi connectivity index (χ1) is 12.0. The van der Waals surface area contributed by atoms with E-state index in [-0.39, 0.29) is 17.6 Å². The third-order valence-corrected chi connectivity index (χ3v) is 4.76. The van der Waals surface area contributed by atoms with Crippen LogP contribution in [0.4, 0.5) is 16.0 Å². The van der Waals surface area contributed by atoms with Crippen LogP contribution in [0.1, 0.15) is 6.92 Å². The van der Waals surface area contributed by atoms with Gasteiger partial charge in [-0.2, -0.15) is 0 Å². The van der Waals surface area contributed by atoms with E-state index in [0.29, 0.717) is 10.4 Å². The molecule has 1 aliphatic rings. The van der Waals surface area contributed by atoms with Crippen molar-refractivity contribution in [2.45, 2.75) is 13.0 Å². The number of benzene rings is 1. The van der Waals surface area contributed by atoms with Crippen LogP contribution < -0.4 is 10.2 Å². The van der Waals surface area contributed by atoms with E-state index < -0.39 is 5.82 Å². The minimum Gasteiger partial charge on any atom is -0.338 e. The van der Waals surface area contributed by atoms with Crippen molar-refractivity contribution in [2.24, 2.45) is 0 Å². The molecule has 1 fully saturated rings. The molecule has 132 valence electrons. The monoisotopic (exact) mass is 407 g/mol. The van der Waals surface area contributed by atoms with Crippen molar-refractivity contribution in [3.8, 4) is 0 Å². The van der Waals surface area contributed by atoms with Crippen LogP contribution in [0.15, 0.2) is 41.1 Å². The predicted octanol–water partition coefficient (Wildman–Crippen LogP) is 2.53. The van der Waals surface area contributed by atoms with E-state index in [9.17, 15) is 9.18 Å². The summed E-state index contributed by atoms with van der Waals surface area (Å²) in [7, 11) is 0. The topological polar surface area (TPSA) is 61.4 Å². The van der Waals surface area contributed by atoms with E-state index in [4.69, 9.17) is 0 Å². The first-order valence-corrected chi connectivity index (χ1v) is 8.86. The lowest BCUT2D eigenvalue weighted by molar-refractivity contribution is -0.120. The summed E-state index contributed by atoms with van der Waals surface area (Å²) in [5, 5.41) is 2.66. The number of halogens is 2. The molecule has 1 aliphatic heterocycles. The summed E-state index contributed by atoms with van der Waals surface area (Å²) in [6.07, 6.45) is 3.44. The van der Waals surface area contributed by atoms with Gasteiger partial charge < -0.3 is 10.2 Å². The van der Waals surface area contributed by atoms with Gasteiger partial charge in [0.2, 0.25) is 11.9 Å². The minimum atomic E-state index is -0.457. The minimum absolute atomic E-state index is 0.191. The van der Waals surface area contributed by atoms with Crippen molar-refractivity contribution in [1.82, 2.24) is 14.9 Å². The predicted molar refractivity (Wildman–Crippen MR) is 98.0 cm³/mol. The fraction of sp³-hybridized carbons (Fsp3) is 0.353. The maximum absolute atomic E-state index is 13.9. The molecule has 0 unspecified atom stereocenters. The molecule has 1 aromatic heterocycles. The molecule has 0 spiro atoms. The molecule has 1 aromatic carbocycles. The second-order valence-corrected chi connectivity index (χ2v) is 6.78. The van der Waals surface area contributed by atoms with Gasteiger partial charge in [-0.15, -0.1) is 0 Å². The molecule has 0 radical (unpaired) electrons. The Morgan fingerprint density at radius 3 is 2.56 bits per heavy atom. The van der Waals surface area contributed by atoms with Crippen molar-refractivity contribution in [1.29, 1.82) is 0 Å². The number of anilines is 2. The number of nitrogens with zero attached hydrogens (tertiary/aromatic N) is 4. The Morgan fingerprint density at radius 1 is 1.24 bits per heavy atom. The van der Waals surface area contributed by atoms with E-state index in [2.05, 4.69) is 41.0 Å². The van der Waals surface area contributed by atoms with Crippen molar-refractivity contribution in [3.05, 3.63) is 46.9 Å². The lowest BCUT2D eigenvalue weighted by Crippen LogP contribution is -2.53. The molecule has 1 amide bonds. The lowest BCUT2D eigenvalue weighted by atomic mass is 10.2. The van der Waals surface area contributed by atoms with Gasteiger partial charge in [0.05, 0.1) is 11.7 Å². The molecule has 1 atom stereocenters. The summed E-state index contributed by atoms with van der Waals surface area (Å²) in [6, 6.07) is 6.02. The van der Waals surface area contributed by atoms with Crippen LogP contribution in [0.25, 0.3) is 0 Å². The molecular weight excluding hydrogens is 389 g/mol. The summed E-state index contributed by atoms with van der Waals surface area (Å²) in [5.74, 6) is 0.0304. The zero-order valence-electron chi connectivity index (χ0n) is 13.8. The van der Waals surface area contributed by atoms with Gasteiger partial charge >= 0.3 is 0 Å². The highest BCUT2D eigenvalue weighted by molar-refractivity contribution is 9.10. The van der Waals surface area contributed by atoms with Gasteiger partial charge in [0, 0.05) is 43.0 Å². The molecule has 6 nitrogen and oxygen atoms in total. The largest absolute Gasteiger partial charge is 0.338 e. The molecule has 3 rings (SSSR count). The lowest BCUT2D eigenvalue weighted by Gasteiger charge is -2.37. The summed E-state index contributed by atoms with van der Waals surface area (Å²) in [4.78, 5) is 25.1. The number of piperazine rings is 1. The van der Waals surface area contributed by atoms with Gasteiger partial charge in [-0.3, -0.25) is 9.69 Å². The SMILES string of the molecule is C[C@H](C(=O)Nc1ccc(Br)cc1F)N1CCN(c2ncccn2)CC1. The van der Waals surface area contributed by atoms with E-state index in [1.54, 1.807) is 30.6 Å². The second kappa shape index (κ2) is 7.88. The number of hydrogen-bond donors (Lipinski definition) is 1. The first-order valence-electron chi connectivity index (χ1n) is 8.06. The van der Waals surface area contributed by atoms with Crippen LogP contribution in [0.5, 0.6) is 0 Å². The van der Waals surface area contributed by atoms with Gasteiger partial charge in [-0.05, 0) is 31.2 Å². The Balaban J connectivity index is 1.56. The number of carbonyl (C=O) groups excluding carboxylic acids is 1. The van der Waals surface area contributed by atoms with E-state index in [0.717, 1.165) is 26.2 Å². The molecule has 2 aromatic rings. The number of nitrogens with one attached hydrogen (secondary N) is 1. The molecule has 0 aliphatic carbocycles. The Morgan fingerprint density at radius 2 is 1.92 bits per heavy atom. The number of rotatable bonds is 4. The highest BCUT2D eigenvalue weighted by Crippen LogP contribution is 2.20. The van der Waals surface area contributed by atoms with Crippen molar-refractivity contribution >= 4 is 33.5 Å². The fourth-order valence-electron chi connectivity index (χ4n) is 2.76. The average Bonchev–Trinajstić information content (AvgIpc) is 2.64. The van der Waals surface area contributed by atoms with Gasteiger partial charge in [0.15, 0.2) is 0 Å². The zero-order valence-corrected chi connectivity index (χ0v) is 15.4. The van der Waals surface area contributed by atoms with Crippen LogP contribution >= 0.6 is 15.9 Å².